The number of carbonyl (C=O) groups excluding carboxylic acids is 3. The van der Waals surface area contributed by atoms with Crippen LogP contribution in [-0.4, -0.2) is 87.4 Å². The van der Waals surface area contributed by atoms with E-state index in [-0.39, 0.29) is 61.8 Å². The molecule has 2 spiro atoms. The van der Waals surface area contributed by atoms with Gasteiger partial charge in [0.2, 0.25) is 11.2 Å². The predicted molar refractivity (Wildman–Crippen MR) is 219 cm³/mol. The van der Waals surface area contributed by atoms with Gasteiger partial charge in [0.15, 0.2) is 6.07 Å². The maximum atomic E-state index is 13.2. The first kappa shape index (κ1) is 40.9. The van der Waals surface area contributed by atoms with Gasteiger partial charge in [0.05, 0.1) is 25.7 Å². The number of nitriles is 1. The number of hydrogen-bond donors (Lipinski definition) is 0. The van der Waals surface area contributed by atoms with Crippen molar-refractivity contribution in [3.05, 3.63) is 106 Å². The summed E-state index contributed by atoms with van der Waals surface area (Å²) in [6.45, 7) is 41.8. The molecule has 1 amide bonds. The van der Waals surface area contributed by atoms with Crippen LogP contribution >= 0.6 is 0 Å². The predicted octanol–water partition coefficient (Wildman–Crippen LogP) is 7.42. The van der Waals surface area contributed by atoms with Crippen LogP contribution in [-0.2, 0) is 33.3 Å². The lowest BCUT2D eigenvalue weighted by Crippen LogP contribution is -2.61. The molecule has 0 aromatic heterocycles. The molecule has 13 heteroatoms. The van der Waals surface area contributed by atoms with Crippen LogP contribution in [0.15, 0.2) is 71.9 Å². The summed E-state index contributed by atoms with van der Waals surface area (Å²) in [5.74, 6) is -0.851. The molecule has 6 fully saturated rings. The number of ether oxygens (including phenoxy) is 5. The highest BCUT2D eigenvalue weighted by Gasteiger charge is 2.78. The van der Waals surface area contributed by atoms with Crippen molar-refractivity contribution in [1.29, 1.82) is 5.26 Å². The van der Waals surface area contributed by atoms with Crippen molar-refractivity contribution in [2.24, 2.45) is 35.5 Å². The molecule has 3 saturated carbocycles. The summed E-state index contributed by atoms with van der Waals surface area (Å²) in [5.41, 5.74) is -4.89. The van der Waals surface area contributed by atoms with E-state index in [0.717, 1.165) is 42.4 Å². The minimum absolute atomic E-state index is 0.0504. The quantitative estimate of drug-likeness (QED) is 0.123. The molecule has 10 aliphatic rings. The lowest BCUT2D eigenvalue weighted by Gasteiger charge is -2.51. The third-order valence-corrected chi connectivity index (χ3v) is 15.3. The fourth-order valence-corrected chi connectivity index (χ4v) is 13.2. The summed E-state index contributed by atoms with van der Waals surface area (Å²) in [7, 11) is 0. The number of hydrogen-bond acceptors (Lipinski definition) is 9. The van der Waals surface area contributed by atoms with Gasteiger partial charge in [-0.05, 0) is 102 Å². The normalized spacial score (nSPS) is 42.7. The smallest absolute Gasteiger partial charge is 0.463 e. The highest BCUT2D eigenvalue weighted by Crippen LogP contribution is 2.69. The number of allylic oxidation sites excluding steroid dienone is 1. The lowest BCUT2D eigenvalue weighted by atomic mass is 9.54. The van der Waals surface area contributed by atoms with Crippen molar-refractivity contribution in [2.75, 3.05) is 13.2 Å². The molecule has 8 bridgehead atoms. The third-order valence-electron chi connectivity index (χ3n) is 15.3. The summed E-state index contributed by atoms with van der Waals surface area (Å²) in [5, 5.41) is 10.3. The Balaban J connectivity index is 0.000000160. The van der Waals surface area contributed by atoms with Crippen LogP contribution < -0.4 is 0 Å². The van der Waals surface area contributed by atoms with Crippen LogP contribution in [0, 0.1) is 66.6 Å². The average molecular weight is 826 g/mol. The van der Waals surface area contributed by atoms with E-state index in [1.54, 1.807) is 30.9 Å². The first-order valence-electron chi connectivity index (χ1n) is 21.5. The summed E-state index contributed by atoms with van der Waals surface area (Å²) in [4.78, 5) is 52.4. The minimum atomic E-state index is -1.44. The Morgan fingerprint density at radius 2 is 1.43 bits per heavy atom. The molecule has 0 aromatic rings. The van der Waals surface area contributed by atoms with E-state index in [1.165, 1.54) is 0 Å². The van der Waals surface area contributed by atoms with Crippen molar-refractivity contribution >= 4 is 18.0 Å². The first-order chi connectivity index (χ1) is 28.9. The molecule has 13 atom stereocenters. The number of fused-ring (bicyclic) bond motifs is 12. The fourth-order valence-electron chi connectivity index (χ4n) is 13.2. The van der Waals surface area contributed by atoms with Gasteiger partial charge in [-0.25, -0.2) is 43.8 Å². The standard InChI is InChI=1S/C26H29N3O5.C22H22N2O3/c1-7-32-21(30)26-11-10-25(34-26)13-24(14-27,28-6)17-12-16-8-9-18(19(17)20(25)15(26)2)29(16)22(31)33-23(3,4)5;1-5-26-19(25)21-9-8-20(27-21)12-22(23-3,24-4)16-11-14-6-7-15(10-14)17(16)18(20)13(21)2/h10-12,16,18-20H,2,7-9,13H2,1,3-5H3;8-9,11,14-15,17-18H,2,5-7,10,12H2,1H3/t16?,18-,19+,20-,24?,25?,26?;14-,15?,17-,18+,20-,21?/m01/s1. The van der Waals surface area contributed by atoms with Crippen LogP contribution in [0.2, 0.25) is 0 Å². The molecule has 0 aromatic carbocycles. The number of amides is 1. The first-order valence-corrected chi connectivity index (χ1v) is 21.5. The van der Waals surface area contributed by atoms with E-state index in [1.807, 2.05) is 39.0 Å². The summed E-state index contributed by atoms with van der Waals surface area (Å²) in [6, 6.07) is 1.75. The molecule has 316 valence electrons. The van der Waals surface area contributed by atoms with Gasteiger partial charge in [-0.3, -0.25) is 9.74 Å². The van der Waals surface area contributed by atoms with Gasteiger partial charge >= 0.3 is 29.2 Å². The number of carbonyl (C=O) groups is 3. The van der Waals surface area contributed by atoms with Gasteiger partial charge in [-0.15, -0.1) is 0 Å². The number of esters is 2. The third kappa shape index (κ3) is 5.24. The SMILES string of the molecule is [C-]#[N+]C1(C#N)CC23C=CC(C(=O)OCC)(O2)C(=C)[C@H]3[C@@H]2C1=CC1CC[C@@H]2N1C(=O)OC(C)(C)C.[C-]#[N+]C1([N+]#[C-])C[C@@]23C=CC(C(=O)OCC)(O2)C(=C)[C@H]3[C@H]2C1=C[C@@H]1CCC2C1. The highest BCUT2D eigenvalue weighted by molar-refractivity contribution is 5.90. The fraction of sp³-hybridized carbons (Fsp3) is 0.604. The monoisotopic (exact) mass is 825 g/mol. The Hall–Kier alpha value is -5.47. The minimum Gasteiger partial charge on any atom is -0.463 e. The van der Waals surface area contributed by atoms with Gasteiger partial charge in [-0.2, -0.15) is 5.26 Å². The molecule has 0 radical (unpaired) electrons. The molecule has 6 unspecified atom stereocenters. The van der Waals surface area contributed by atoms with Crippen molar-refractivity contribution in [3.8, 4) is 6.07 Å². The maximum absolute atomic E-state index is 13.2. The zero-order valence-corrected chi connectivity index (χ0v) is 35.4. The van der Waals surface area contributed by atoms with E-state index in [2.05, 4.69) is 39.8 Å². The Bertz CT molecular complexity index is 2330. The maximum Gasteiger partial charge on any atom is 0.509 e. The van der Waals surface area contributed by atoms with E-state index in [4.69, 9.17) is 43.4 Å². The van der Waals surface area contributed by atoms with E-state index >= 15 is 0 Å². The van der Waals surface area contributed by atoms with E-state index < -0.39 is 57.2 Å². The molecule has 10 rings (SSSR count). The van der Waals surface area contributed by atoms with Crippen LogP contribution in [0.4, 0.5) is 4.79 Å². The van der Waals surface area contributed by atoms with Crippen LogP contribution in [0.3, 0.4) is 0 Å². The second-order valence-electron chi connectivity index (χ2n) is 19.4. The van der Waals surface area contributed by atoms with Crippen LogP contribution in [0.5, 0.6) is 0 Å². The molecule has 0 N–H and O–H groups in total. The molecular formula is C48H51N5O8. The van der Waals surface area contributed by atoms with Gasteiger partial charge in [0.1, 0.15) is 28.8 Å². The van der Waals surface area contributed by atoms with Crippen molar-refractivity contribution in [3.63, 3.8) is 0 Å². The topological polar surface area (TPSA) is 137 Å². The zero-order valence-electron chi connectivity index (χ0n) is 35.4. The largest absolute Gasteiger partial charge is 0.509 e. The van der Waals surface area contributed by atoms with Crippen LogP contribution in [0.1, 0.15) is 79.6 Å². The Labute approximate surface area is 357 Å². The molecular weight excluding hydrogens is 775 g/mol. The van der Waals surface area contributed by atoms with Gasteiger partial charge < -0.3 is 23.7 Å². The molecule has 61 heavy (non-hydrogen) atoms. The van der Waals surface area contributed by atoms with E-state index in [0.29, 0.717) is 23.8 Å². The summed E-state index contributed by atoms with van der Waals surface area (Å²) in [6.07, 6.45) is 16.0. The second-order valence-corrected chi connectivity index (χ2v) is 19.4. The summed E-state index contributed by atoms with van der Waals surface area (Å²) >= 11 is 0. The molecule has 4 aliphatic carbocycles. The van der Waals surface area contributed by atoms with Crippen molar-refractivity contribution in [2.45, 2.75) is 131 Å². The number of nitrogens with zero attached hydrogens (tertiary/aromatic N) is 5. The van der Waals surface area contributed by atoms with Crippen LogP contribution in [0.25, 0.3) is 14.5 Å². The van der Waals surface area contributed by atoms with E-state index in [9.17, 15) is 19.6 Å². The van der Waals surface area contributed by atoms with Gasteiger partial charge in [0, 0.05) is 35.3 Å². The molecule has 6 heterocycles. The number of rotatable bonds is 4. The Kier molecular flexibility index (Phi) is 8.90. The van der Waals surface area contributed by atoms with Gasteiger partial charge in [0.25, 0.3) is 0 Å². The lowest BCUT2D eigenvalue weighted by molar-refractivity contribution is -0.165. The molecule has 3 saturated heterocycles. The molecule has 13 nitrogen and oxygen atoms in total. The highest BCUT2D eigenvalue weighted by atomic mass is 16.6. The van der Waals surface area contributed by atoms with Gasteiger partial charge in [-0.1, -0.05) is 37.5 Å². The van der Waals surface area contributed by atoms with Crippen molar-refractivity contribution in [1.82, 2.24) is 4.90 Å². The second kappa shape index (κ2) is 13.3. The summed E-state index contributed by atoms with van der Waals surface area (Å²) < 4.78 is 29.2. The Morgan fingerprint density at radius 1 is 0.836 bits per heavy atom. The Morgan fingerprint density at radius 3 is 1.97 bits per heavy atom. The van der Waals surface area contributed by atoms with Crippen molar-refractivity contribution < 1.29 is 38.1 Å². The molecule has 6 aliphatic heterocycles. The average Bonchev–Trinajstić information content (AvgIpc) is 4.06. The zero-order chi connectivity index (χ0) is 43.7.